The fourth-order valence-corrected chi connectivity index (χ4v) is 6.39. The summed E-state index contributed by atoms with van der Waals surface area (Å²) >= 11 is 8.65. The number of carbonyl (C=O) groups is 2. The van der Waals surface area contributed by atoms with Gasteiger partial charge in [-0.05, 0) is 60.0 Å². The van der Waals surface area contributed by atoms with Crippen molar-refractivity contribution in [3.05, 3.63) is 106 Å². The summed E-state index contributed by atoms with van der Waals surface area (Å²) in [6.45, 7) is 2.65. The number of halogens is 2. The van der Waals surface area contributed by atoms with E-state index < -0.39 is 17.7 Å². The van der Waals surface area contributed by atoms with Gasteiger partial charge in [0.05, 0.1) is 18.2 Å². The lowest BCUT2D eigenvalue weighted by Gasteiger charge is -2.22. The molecule has 11 heteroatoms. The molecule has 210 valence electrons. The van der Waals surface area contributed by atoms with E-state index in [9.17, 15) is 19.1 Å². The van der Waals surface area contributed by atoms with E-state index in [1.807, 2.05) is 0 Å². The van der Waals surface area contributed by atoms with E-state index in [2.05, 4.69) is 17.1 Å². The number of rotatable bonds is 10. The minimum absolute atomic E-state index is 0.0901. The second kappa shape index (κ2) is 12.8. The molecule has 0 bridgehead atoms. The molecule has 0 saturated carbocycles. The number of hydrogen-bond acceptors (Lipinski definition) is 8. The third-order valence-electron chi connectivity index (χ3n) is 6.41. The van der Waals surface area contributed by atoms with Crippen LogP contribution in [0.3, 0.4) is 0 Å². The molecule has 1 saturated heterocycles. The van der Waals surface area contributed by atoms with E-state index in [1.54, 1.807) is 66.7 Å². The van der Waals surface area contributed by atoms with Gasteiger partial charge in [-0.15, -0.1) is 10.2 Å². The standard InChI is InChI=1S/C30H25ClFN3O4S2/c1-2-3-15-39-22-13-11-18(12-14-22)26(36)24-25(19-8-6-9-21(31)16-19)35(28(38)27(24)37)29-33-34-30(41-29)40-17-20-7-4-5-10-23(20)32/h4-14,16,25,36H,2-3,15,17H2,1H3/b26-24+. The predicted molar refractivity (Wildman–Crippen MR) is 159 cm³/mol. The average Bonchev–Trinajstić information content (AvgIpc) is 3.54. The Kier molecular flexibility index (Phi) is 9.02. The van der Waals surface area contributed by atoms with E-state index >= 15 is 0 Å². The lowest BCUT2D eigenvalue weighted by molar-refractivity contribution is -0.132. The molecule has 41 heavy (non-hydrogen) atoms. The Labute approximate surface area is 249 Å². The number of ketones is 1. The van der Waals surface area contributed by atoms with Gasteiger partial charge in [0.15, 0.2) is 4.34 Å². The molecule has 7 nitrogen and oxygen atoms in total. The number of benzene rings is 3. The number of ether oxygens (including phenoxy) is 1. The smallest absolute Gasteiger partial charge is 0.301 e. The van der Waals surface area contributed by atoms with E-state index in [4.69, 9.17) is 16.3 Å². The zero-order chi connectivity index (χ0) is 28.9. The van der Waals surface area contributed by atoms with Crippen molar-refractivity contribution in [2.24, 2.45) is 0 Å². The number of aromatic nitrogens is 2. The lowest BCUT2D eigenvalue weighted by Crippen LogP contribution is -2.29. The zero-order valence-corrected chi connectivity index (χ0v) is 24.3. The van der Waals surface area contributed by atoms with Crippen molar-refractivity contribution in [2.45, 2.75) is 35.9 Å². The molecule has 1 fully saturated rings. The van der Waals surface area contributed by atoms with Crippen molar-refractivity contribution in [3.8, 4) is 5.75 Å². The van der Waals surface area contributed by atoms with Crippen molar-refractivity contribution in [1.82, 2.24) is 10.2 Å². The summed E-state index contributed by atoms with van der Waals surface area (Å²) in [5, 5.41) is 20.3. The monoisotopic (exact) mass is 609 g/mol. The van der Waals surface area contributed by atoms with Crippen LogP contribution in [0.25, 0.3) is 5.76 Å². The van der Waals surface area contributed by atoms with Gasteiger partial charge in [0, 0.05) is 16.3 Å². The van der Waals surface area contributed by atoms with Crippen LogP contribution in [0.15, 0.2) is 82.7 Å². The normalized spacial score (nSPS) is 16.4. The summed E-state index contributed by atoms with van der Waals surface area (Å²) in [5.41, 5.74) is 1.30. The Morgan fingerprint density at radius 1 is 1.10 bits per heavy atom. The van der Waals surface area contributed by atoms with Crippen molar-refractivity contribution in [2.75, 3.05) is 11.5 Å². The summed E-state index contributed by atoms with van der Waals surface area (Å²) in [7, 11) is 0. The largest absolute Gasteiger partial charge is 0.507 e. The lowest BCUT2D eigenvalue weighted by atomic mass is 9.95. The summed E-state index contributed by atoms with van der Waals surface area (Å²) in [6, 6.07) is 18.9. The molecular formula is C30H25ClFN3O4S2. The molecule has 1 unspecified atom stereocenters. The van der Waals surface area contributed by atoms with E-state index in [0.717, 1.165) is 24.2 Å². The highest BCUT2D eigenvalue weighted by atomic mass is 35.5. The number of Topliss-reactive ketones (excluding diaryl/α,β-unsaturated/α-hetero) is 1. The molecule has 1 N–H and O–H groups in total. The zero-order valence-electron chi connectivity index (χ0n) is 21.9. The topological polar surface area (TPSA) is 92.6 Å². The van der Waals surface area contributed by atoms with Gasteiger partial charge < -0.3 is 9.84 Å². The van der Waals surface area contributed by atoms with Gasteiger partial charge in [-0.3, -0.25) is 14.5 Å². The molecule has 5 rings (SSSR count). The highest BCUT2D eigenvalue weighted by Gasteiger charge is 2.48. The van der Waals surface area contributed by atoms with Gasteiger partial charge in [0.1, 0.15) is 17.3 Å². The van der Waals surface area contributed by atoms with Crippen LogP contribution in [0.2, 0.25) is 5.02 Å². The second-order valence-electron chi connectivity index (χ2n) is 9.18. The number of unbranched alkanes of at least 4 members (excludes halogenated alkanes) is 1. The van der Waals surface area contributed by atoms with Crippen molar-refractivity contribution < 1.29 is 23.8 Å². The molecule has 0 aliphatic carbocycles. The molecule has 1 atom stereocenters. The van der Waals surface area contributed by atoms with Crippen molar-refractivity contribution >= 4 is 57.3 Å². The first-order valence-corrected chi connectivity index (χ1v) is 15.0. The minimum atomic E-state index is -0.994. The fraction of sp³-hybridized carbons (Fsp3) is 0.200. The summed E-state index contributed by atoms with van der Waals surface area (Å²) in [5.74, 6) is -1.40. The number of aliphatic hydroxyl groups excluding tert-OH is 1. The number of hydrogen-bond donors (Lipinski definition) is 1. The number of thioether (sulfide) groups is 1. The predicted octanol–water partition coefficient (Wildman–Crippen LogP) is 7.43. The molecule has 1 aliphatic rings. The summed E-state index contributed by atoms with van der Waals surface area (Å²) in [4.78, 5) is 28.1. The number of anilines is 1. The van der Waals surface area contributed by atoms with Crippen LogP contribution in [-0.2, 0) is 15.3 Å². The van der Waals surface area contributed by atoms with E-state index in [1.165, 1.54) is 22.7 Å². The molecule has 0 spiro atoms. The Morgan fingerprint density at radius 2 is 1.88 bits per heavy atom. The van der Waals surface area contributed by atoms with Crippen LogP contribution in [0.4, 0.5) is 9.52 Å². The van der Waals surface area contributed by atoms with Crippen LogP contribution < -0.4 is 9.64 Å². The molecule has 1 amide bonds. The van der Waals surface area contributed by atoms with Crippen LogP contribution in [0.5, 0.6) is 5.75 Å². The van der Waals surface area contributed by atoms with Gasteiger partial charge >= 0.3 is 5.91 Å². The number of nitrogens with zero attached hydrogens (tertiary/aromatic N) is 3. The molecule has 3 aromatic carbocycles. The van der Waals surface area contributed by atoms with Gasteiger partial charge in [-0.2, -0.15) is 0 Å². The molecule has 1 aliphatic heterocycles. The first-order chi connectivity index (χ1) is 19.9. The average molecular weight is 610 g/mol. The molecule has 4 aromatic rings. The van der Waals surface area contributed by atoms with Gasteiger partial charge in [0.2, 0.25) is 5.13 Å². The van der Waals surface area contributed by atoms with Gasteiger partial charge in [-0.25, -0.2) is 4.39 Å². The van der Waals surface area contributed by atoms with E-state index in [-0.39, 0.29) is 22.3 Å². The summed E-state index contributed by atoms with van der Waals surface area (Å²) < 4.78 is 20.3. The van der Waals surface area contributed by atoms with E-state index in [0.29, 0.717) is 44.2 Å². The molecule has 0 radical (unpaired) electrons. The minimum Gasteiger partial charge on any atom is -0.507 e. The molecule has 1 aromatic heterocycles. The SMILES string of the molecule is CCCCOc1ccc(/C(O)=C2\C(=O)C(=O)N(c3nnc(SCc4ccccc4F)s3)C2c2cccc(Cl)c2)cc1. The van der Waals surface area contributed by atoms with Crippen molar-refractivity contribution in [1.29, 1.82) is 0 Å². The first kappa shape index (κ1) is 28.8. The van der Waals surface area contributed by atoms with Gasteiger partial charge in [-0.1, -0.05) is 78.4 Å². The number of aliphatic hydroxyl groups is 1. The number of carbonyl (C=O) groups excluding carboxylic acids is 2. The maximum atomic E-state index is 14.1. The van der Waals surface area contributed by atoms with Crippen LogP contribution in [0.1, 0.15) is 42.5 Å². The molecule has 2 heterocycles. The second-order valence-corrected chi connectivity index (χ2v) is 11.8. The Balaban J connectivity index is 1.49. The molecular weight excluding hydrogens is 585 g/mol. The maximum Gasteiger partial charge on any atom is 0.301 e. The number of amides is 1. The Morgan fingerprint density at radius 3 is 2.61 bits per heavy atom. The highest BCUT2D eigenvalue weighted by Crippen LogP contribution is 2.44. The highest BCUT2D eigenvalue weighted by molar-refractivity contribution is 8.00. The van der Waals surface area contributed by atoms with Crippen molar-refractivity contribution in [3.63, 3.8) is 0 Å². The van der Waals surface area contributed by atoms with Crippen LogP contribution in [-0.4, -0.2) is 33.6 Å². The maximum absolute atomic E-state index is 14.1. The first-order valence-electron chi connectivity index (χ1n) is 12.9. The quantitative estimate of drug-likeness (QED) is 0.0499. The Bertz CT molecular complexity index is 1610. The fourth-order valence-electron chi connectivity index (χ4n) is 4.33. The third kappa shape index (κ3) is 6.29. The summed E-state index contributed by atoms with van der Waals surface area (Å²) in [6.07, 6.45) is 1.92. The van der Waals surface area contributed by atoms with Crippen LogP contribution in [0, 0.1) is 5.82 Å². The van der Waals surface area contributed by atoms with Gasteiger partial charge in [0.25, 0.3) is 5.78 Å². The van der Waals surface area contributed by atoms with Crippen LogP contribution >= 0.6 is 34.7 Å². The third-order valence-corrected chi connectivity index (χ3v) is 8.75. The Hall–Kier alpha value is -3.73.